The van der Waals surface area contributed by atoms with E-state index in [0.717, 1.165) is 26.2 Å². The molecule has 3 aromatic carbocycles. The summed E-state index contributed by atoms with van der Waals surface area (Å²) in [6.45, 7) is 3.28. The summed E-state index contributed by atoms with van der Waals surface area (Å²) in [5.41, 5.74) is 5.90. The Balaban J connectivity index is 0.000000227. The third kappa shape index (κ3) is 2.11. The quantitative estimate of drug-likeness (QED) is 0.604. The van der Waals surface area contributed by atoms with Crippen LogP contribution in [-0.4, -0.2) is 19.8 Å². The molecule has 0 radical (unpaired) electrons. The van der Waals surface area contributed by atoms with Gasteiger partial charge < -0.3 is 10.6 Å². The maximum absolute atomic E-state index is 3.11. The van der Waals surface area contributed by atoms with Gasteiger partial charge in [0.15, 0.2) is 0 Å². The smallest absolute Gasteiger partial charge is 0.0455 e. The van der Waals surface area contributed by atoms with E-state index in [4.69, 9.17) is 0 Å². The zero-order chi connectivity index (χ0) is 15.9. The van der Waals surface area contributed by atoms with Crippen molar-refractivity contribution in [3.8, 4) is 0 Å². The molecule has 0 unspecified atom stereocenters. The molecular weight excluding hydrogens is 292 g/mol. The highest BCUT2D eigenvalue weighted by atomic mass is 15.1. The van der Waals surface area contributed by atoms with E-state index in [9.17, 15) is 0 Å². The SMILES string of the molecule is C1=C2CC(=C1)c1c2ccc2c1ccc1ccccc12.C1CNCN1. The summed E-state index contributed by atoms with van der Waals surface area (Å²) < 4.78 is 0. The summed E-state index contributed by atoms with van der Waals surface area (Å²) in [6, 6.07) is 17.8. The van der Waals surface area contributed by atoms with Crippen LogP contribution in [0.25, 0.3) is 32.7 Å². The fourth-order valence-corrected chi connectivity index (χ4v) is 4.02. The predicted molar refractivity (Wildman–Crippen MR) is 103 cm³/mol. The molecule has 2 aliphatic carbocycles. The van der Waals surface area contributed by atoms with Crippen LogP contribution >= 0.6 is 0 Å². The minimum atomic E-state index is 1.00. The van der Waals surface area contributed by atoms with Crippen molar-refractivity contribution < 1.29 is 0 Å². The Morgan fingerprint density at radius 3 is 2.29 bits per heavy atom. The van der Waals surface area contributed by atoms with Gasteiger partial charge >= 0.3 is 0 Å². The third-order valence-corrected chi connectivity index (χ3v) is 5.19. The van der Waals surface area contributed by atoms with Crippen molar-refractivity contribution in [2.24, 2.45) is 0 Å². The van der Waals surface area contributed by atoms with Crippen LogP contribution in [0.2, 0.25) is 0 Å². The molecule has 0 atom stereocenters. The molecule has 0 amide bonds. The third-order valence-electron chi connectivity index (χ3n) is 5.19. The minimum absolute atomic E-state index is 1.00. The normalized spacial score (nSPS) is 17.5. The molecule has 1 heterocycles. The molecule has 2 N–H and O–H groups in total. The van der Waals surface area contributed by atoms with Gasteiger partial charge in [-0.2, -0.15) is 0 Å². The molecular formula is C22H20N2. The van der Waals surface area contributed by atoms with Gasteiger partial charge in [-0.1, -0.05) is 60.7 Å². The van der Waals surface area contributed by atoms with Gasteiger partial charge in [-0.15, -0.1) is 0 Å². The van der Waals surface area contributed by atoms with Gasteiger partial charge in [0.25, 0.3) is 0 Å². The predicted octanol–water partition coefficient (Wildman–Crippen LogP) is 4.31. The highest BCUT2D eigenvalue weighted by Gasteiger charge is 2.26. The van der Waals surface area contributed by atoms with Crippen LogP contribution in [0.1, 0.15) is 17.5 Å². The molecule has 2 nitrogen and oxygen atoms in total. The van der Waals surface area contributed by atoms with Crippen LogP contribution in [0.4, 0.5) is 0 Å². The lowest BCUT2D eigenvalue weighted by atomic mass is 9.93. The van der Waals surface area contributed by atoms with Crippen LogP contribution in [0.3, 0.4) is 0 Å². The first-order valence-electron chi connectivity index (χ1n) is 8.68. The maximum atomic E-state index is 3.11. The molecule has 3 aliphatic rings. The Labute approximate surface area is 141 Å². The van der Waals surface area contributed by atoms with Gasteiger partial charge in [0.1, 0.15) is 0 Å². The second-order valence-electron chi connectivity index (χ2n) is 6.61. The molecule has 1 saturated heterocycles. The lowest BCUT2D eigenvalue weighted by molar-refractivity contribution is 0.807. The number of hydrogen-bond acceptors (Lipinski definition) is 2. The number of benzene rings is 3. The van der Waals surface area contributed by atoms with Gasteiger partial charge in [-0.25, -0.2) is 0 Å². The molecule has 24 heavy (non-hydrogen) atoms. The summed E-state index contributed by atoms with van der Waals surface area (Å²) in [7, 11) is 0. The van der Waals surface area contributed by atoms with Crippen LogP contribution in [0.15, 0.2) is 60.7 Å². The number of hydrogen-bond donors (Lipinski definition) is 2. The first-order chi connectivity index (χ1) is 11.9. The summed E-state index contributed by atoms with van der Waals surface area (Å²) in [6.07, 6.45) is 5.68. The Hall–Kier alpha value is -2.42. The van der Waals surface area contributed by atoms with Crippen LogP contribution in [0, 0.1) is 0 Å². The average Bonchev–Trinajstić information content (AvgIpc) is 3.40. The molecule has 6 rings (SSSR count). The summed E-state index contributed by atoms with van der Waals surface area (Å²) in [5, 5.41) is 11.7. The fourth-order valence-electron chi connectivity index (χ4n) is 4.02. The monoisotopic (exact) mass is 312 g/mol. The standard InChI is InChI=1S/C19H12.C3H8N2/c1-2-4-15-12(3-1)7-8-18-17(15)10-9-16-13-5-6-14(11-13)19(16)18;1-2-5-3-4-1/h1-10H,11H2;4-5H,1-3H2. The second kappa shape index (κ2) is 5.59. The van der Waals surface area contributed by atoms with E-state index in [0.29, 0.717) is 0 Å². The maximum Gasteiger partial charge on any atom is 0.0455 e. The number of nitrogens with one attached hydrogen (secondary N) is 2. The van der Waals surface area contributed by atoms with E-state index in [-0.39, 0.29) is 0 Å². The Morgan fingerprint density at radius 2 is 1.46 bits per heavy atom. The van der Waals surface area contributed by atoms with E-state index >= 15 is 0 Å². The van der Waals surface area contributed by atoms with Gasteiger partial charge in [0, 0.05) is 19.8 Å². The van der Waals surface area contributed by atoms with Crippen molar-refractivity contribution in [2.45, 2.75) is 6.42 Å². The molecule has 1 fully saturated rings. The van der Waals surface area contributed by atoms with Crippen molar-refractivity contribution in [3.05, 3.63) is 71.8 Å². The zero-order valence-electron chi connectivity index (χ0n) is 13.6. The number of rotatable bonds is 0. The van der Waals surface area contributed by atoms with E-state index in [1.54, 1.807) is 0 Å². The molecule has 118 valence electrons. The van der Waals surface area contributed by atoms with Crippen molar-refractivity contribution in [1.82, 2.24) is 10.6 Å². The number of fused-ring (bicyclic) bond motifs is 9. The van der Waals surface area contributed by atoms with Crippen molar-refractivity contribution in [1.29, 1.82) is 0 Å². The molecule has 0 saturated carbocycles. The lowest BCUT2D eigenvalue weighted by Crippen LogP contribution is -2.11. The molecule has 2 bridgehead atoms. The Morgan fingerprint density at radius 1 is 0.667 bits per heavy atom. The molecule has 3 aromatic rings. The molecule has 1 aliphatic heterocycles. The van der Waals surface area contributed by atoms with Crippen LogP contribution in [0.5, 0.6) is 0 Å². The van der Waals surface area contributed by atoms with E-state index in [1.165, 1.54) is 43.8 Å². The summed E-state index contributed by atoms with van der Waals surface area (Å²) >= 11 is 0. The second-order valence-corrected chi connectivity index (χ2v) is 6.61. The Kier molecular flexibility index (Phi) is 3.25. The van der Waals surface area contributed by atoms with Gasteiger partial charge in [-0.3, -0.25) is 0 Å². The first-order valence-corrected chi connectivity index (χ1v) is 8.68. The van der Waals surface area contributed by atoms with Gasteiger partial charge in [-0.05, 0) is 50.2 Å². The fraction of sp³-hybridized carbons (Fsp3) is 0.182. The zero-order valence-corrected chi connectivity index (χ0v) is 13.6. The highest BCUT2D eigenvalue weighted by molar-refractivity contribution is 6.15. The van der Waals surface area contributed by atoms with Crippen molar-refractivity contribution >= 4 is 32.7 Å². The van der Waals surface area contributed by atoms with E-state index < -0.39 is 0 Å². The molecule has 2 heteroatoms. The van der Waals surface area contributed by atoms with Crippen molar-refractivity contribution in [3.63, 3.8) is 0 Å². The summed E-state index contributed by atoms with van der Waals surface area (Å²) in [5.74, 6) is 0. The minimum Gasteiger partial charge on any atom is -0.303 e. The van der Waals surface area contributed by atoms with Crippen LogP contribution < -0.4 is 10.6 Å². The van der Waals surface area contributed by atoms with Crippen LogP contribution in [-0.2, 0) is 0 Å². The summed E-state index contributed by atoms with van der Waals surface area (Å²) in [4.78, 5) is 0. The highest BCUT2D eigenvalue weighted by Crippen LogP contribution is 2.48. The largest absolute Gasteiger partial charge is 0.303 e. The van der Waals surface area contributed by atoms with Crippen molar-refractivity contribution in [2.75, 3.05) is 19.8 Å². The average molecular weight is 312 g/mol. The van der Waals surface area contributed by atoms with E-state index in [2.05, 4.69) is 71.3 Å². The first kappa shape index (κ1) is 14.0. The van der Waals surface area contributed by atoms with E-state index in [1.807, 2.05) is 0 Å². The van der Waals surface area contributed by atoms with Gasteiger partial charge in [0.05, 0.1) is 0 Å². The van der Waals surface area contributed by atoms with Gasteiger partial charge in [0.2, 0.25) is 0 Å². The Bertz CT molecular complexity index is 999. The topological polar surface area (TPSA) is 24.1 Å². The molecule has 0 aromatic heterocycles. The lowest BCUT2D eigenvalue weighted by Gasteiger charge is -2.11. The molecule has 0 spiro atoms. The number of allylic oxidation sites excluding steroid dienone is 4.